The van der Waals surface area contributed by atoms with Gasteiger partial charge in [0, 0.05) is 13.0 Å². The van der Waals surface area contributed by atoms with E-state index < -0.39 is 6.10 Å². The Hall–Kier alpha value is -0.610. The van der Waals surface area contributed by atoms with Gasteiger partial charge in [0.05, 0.1) is 13.2 Å². The van der Waals surface area contributed by atoms with E-state index in [-0.39, 0.29) is 12.6 Å². The molecule has 1 N–H and O–H groups in total. The molecule has 0 spiro atoms. The maximum Gasteiger partial charge on any atom is 0.306 e. The molecule has 0 aliphatic carbocycles. The second kappa shape index (κ2) is 40.6. The Morgan fingerprint density at radius 1 is 0.435 bits per heavy atom. The van der Waals surface area contributed by atoms with E-state index in [9.17, 15) is 9.90 Å². The van der Waals surface area contributed by atoms with Gasteiger partial charge in [-0.25, -0.2) is 0 Å². The average Bonchev–Trinajstić information content (AvgIpc) is 3.06. The molecule has 0 saturated heterocycles. The van der Waals surface area contributed by atoms with Crippen LogP contribution in [0.2, 0.25) is 0 Å². The predicted molar refractivity (Wildman–Crippen MR) is 201 cm³/mol. The van der Waals surface area contributed by atoms with Crippen molar-refractivity contribution < 1.29 is 19.4 Å². The molecular weight excluding hydrogens is 568 g/mol. The van der Waals surface area contributed by atoms with Crippen LogP contribution < -0.4 is 0 Å². The summed E-state index contributed by atoms with van der Waals surface area (Å²) < 4.78 is 11.2. The van der Waals surface area contributed by atoms with Crippen LogP contribution >= 0.6 is 0 Å². The summed E-state index contributed by atoms with van der Waals surface area (Å²) in [5.41, 5.74) is 0. The molecule has 0 amide bonds. The maximum atomic E-state index is 12.2. The first-order chi connectivity index (χ1) is 22.7. The number of hydrogen-bond donors (Lipinski definition) is 1. The first kappa shape index (κ1) is 45.4. The molecule has 0 bridgehead atoms. The van der Waals surface area contributed by atoms with Crippen LogP contribution in [0.25, 0.3) is 0 Å². The Morgan fingerprint density at radius 3 is 1.02 bits per heavy atom. The molecular formula is C42H84O4. The third-order valence-electron chi connectivity index (χ3n) is 9.68. The minimum atomic E-state index is -0.524. The summed E-state index contributed by atoms with van der Waals surface area (Å²) in [6.45, 7) is 5.40. The summed E-state index contributed by atoms with van der Waals surface area (Å²) >= 11 is 0. The van der Waals surface area contributed by atoms with Crippen molar-refractivity contribution in [2.75, 3.05) is 19.8 Å². The van der Waals surface area contributed by atoms with Crippen molar-refractivity contribution in [1.29, 1.82) is 0 Å². The summed E-state index contributed by atoms with van der Waals surface area (Å²) in [4.78, 5) is 12.2. The number of carbonyl (C=O) groups is 1. The van der Waals surface area contributed by atoms with E-state index in [0.717, 1.165) is 19.3 Å². The first-order valence-corrected chi connectivity index (χ1v) is 21.1. The molecule has 4 heteroatoms. The number of carbonyl (C=O) groups excluding carboxylic acids is 1. The Kier molecular flexibility index (Phi) is 40.0. The lowest BCUT2D eigenvalue weighted by molar-refractivity contribution is -0.154. The van der Waals surface area contributed by atoms with Gasteiger partial charge in [0.1, 0.15) is 6.10 Å². The molecule has 0 fully saturated rings. The molecule has 0 aliphatic rings. The SMILES string of the molecule is CCCCCCCCCCCCCCCCCCCCCOCC(CO)OC(=O)CCCCCCCCCCCCCCCCC. The fraction of sp³-hybridized carbons (Fsp3) is 0.976. The van der Waals surface area contributed by atoms with Crippen molar-refractivity contribution >= 4 is 5.97 Å². The second-order valence-corrected chi connectivity index (χ2v) is 14.4. The highest BCUT2D eigenvalue weighted by atomic mass is 16.6. The second-order valence-electron chi connectivity index (χ2n) is 14.4. The lowest BCUT2D eigenvalue weighted by atomic mass is 10.0. The Balaban J connectivity index is 3.35. The molecule has 46 heavy (non-hydrogen) atoms. The number of aliphatic hydroxyl groups is 1. The van der Waals surface area contributed by atoms with Gasteiger partial charge in [-0.15, -0.1) is 0 Å². The van der Waals surface area contributed by atoms with Gasteiger partial charge in [-0.05, 0) is 12.8 Å². The third kappa shape index (κ3) is 37.8. The number of rotatable bonds is 40. The van der Waals surface area contributed by atoms with Crippen molar-refractivity contribution in [2.24, 2.45) is 0 Å². The normalized spacial score (nSPS) is 12.2. The predicted octanol–water partition coefficient (Wildman–Crippen LogP) is 13.6. The van der Waals surface area contributed by atoms with Crippen LogP contribution in [0.4, 0.5) is 0 Å². The Morgan fingerprint density at radius 2 is 0.717 bits per heavy atom. The fourth-order valence-corrected chi connectivity index (χ4v) is 6.51. The monoisotopic (exact) mass is 653 g/mol. The molecule has 1 atom stereocenters. The van der Waals surface area contributed by atoms with Crippen molar-refractivity contribution in [2.45, 2.75) is 245 Å². The van der Waals surface area contributed by atoms with Crippen molar-refractivity contribution in [3.05, 3.63) is 0 Å². The van der Waals surface area contributed by atoms with Gasteiger partial charge < -0.3 is 14.6 Å². The van der Waals surface area contributed by atoms with Gasteiger partial charge in [-0.1, -0.05) is 219 Å². The molecule has 0 aromatic heterocycles. The van der Waals surface area contributed by atoms with Crippen LogP contribution in [-0.4, -0.2) is 37.0 Å². The Bertz CT molecular complexity index is 566. The summed E-state index contributed by atoms with van der Waals surface area (Å²) in [5, 5.41) is 9.59. The topological polar surface area (TPSA) is 55.8 Å². The fourth-order valence-electron chi connectivity index (χ4n) is 6.51. The van der Waals surface area contributed by atoms with Crippen LogP contribution in [0.1, 0.15) is 239 Å². The van der Waals surface area contributed by atoms with Crippen molar-refractivity contribution in [1.82, 2.24) is 0 Å². The minimum Gasteiger partial charge on any atom is -0.457 e. The maximum absolute atomic E-state index is 12.2. The number of esters is 1. The lowest BCUT2D eigenvalue weighted by Gasteiger charge is -2.16. The summed E-state index contributed by atoms with van der Waals surface area (Å²) in [6, 6.07) is 0. The molecule has 0 aromatic rings. The highest BCUT2D eigenvalue weighted by Crippen LogP contribution is 2.16. The Labute approximate surface area is 289 Å². The van der Waals surface area contributed by atoms with Crippen LogP contribution in [0.5, 0.6) is 0 Å². The van der Waals surface area contributed by atoms with Crippen molar-refractivity contribution in [3.63, 3.8) is 0 Å². The number of hydrogen-bond acceptors (Lipinski definition) is 4. The molecule has 4 nitrogen and oxygen atoms in total. The van der Waals surface area contributed by atoms with Crippen molar-refractivity contribution in [3.8, 4) is 0 Å². The summed E-state index contributed by atoms with van der Waals surface area (Å²) in [5.74, 6) is -0.194. The molecule has 1 unspecified atom stereocenters. The number of aliphatic hydroxyl groups excluding tert-OH is 1. The van der Waals surface area contributed by atoms with Crippen LogP contribution in [-0.2, 0) is 14.3 Å². The lowest BCUT2D eigenvalue weighted by Crippen LogP contribution is -2.27. The quantitative estimate of drug-likeness (QED) is 0.0528. The number of ether oxygens (including phenoxy) is 2. The average molecular weight is 653 g/mol. The van der Waals surface area contributed by atoms with E-state index in [1.165, 1.54) is 199 Å². The molecule has 0 aliphatic heterocycles. The van der Waals surface area contributed by atoms with E-state index in [2.05, 4.69) is 13.8 Å². The molecule has 0 saturated carbocycles. The van der Waals surface area contributed by atoms with E-state index >= 15 is 0 Å². The van der Waals surface area contributed by atoms with Crippen LogP contribution in [0.3, 0.4) is 0 Å². The smallest absolute Gasteiger partial charge is 0.306 e. The zero-order valence-corrected chi connectivity index (χ0v) is 31.6. The zero-order chi connectivity index (χ0) is 33.4. The van der Waals surface area contributed by atoms with Gasteiger partial charge in [-0.2, -0.15) is 0 Å². The third-order valence-corrected chi connectivity index (χ3v) is 9.68. The molecule has 0 radical (unpaired) electrons. The van der Waals surface area contributed by atoms with Gasteiger partial charge in [0.15, 0.2) is 0 Å². The highest BCUT2D eigenvalue weighted by Gasteiger charge is 2.13. The minimum absolute atomic E-state index is 0.163. The van der Waals surface area contributed by atoms with Gasteiger partial charge in [0.25, 0.3) is 0 Å². The van der Waals surface area contributed by atoms with Gasteiger partial charge in [-0.3, -0.25) is 4.79 Å². The molecule has 0 heterocycles. The summed E-state index contributed by atoms with van der Waals surface area (Å²) in [6.07, 6.45) is 45.9. The van der Waals surface area contributed by atoms with Gasteiger partial charge in [0.2, 0.25) is 0 Å². The number of unbranched alkanes of at least 4 members (excludes halogenated alkanes) is 32. The van der Waals surface area contributed by atoms with E-state index in [1.54, 1.807) is 0 Å². The van der Waals surface area contributed by atoms with Crippen LogP contribution in [0.15, 0.2) is 0 Å². The highest BCUT2D eigenvalue weighted by molar-refractivity contribution is 5.69. The standard InChI is InChI=1S/C42H84O4/c1-3-5-7-9-11-13-15-17-19-20-21-22-24-26-28-30-32-34-36-38-45-40-41(39-43)46-42(44)37-35-33-31-29-27-25-23-18-16-14-12-10-8-6-4-2/h41,43H,3-40H2,1-2H3. The molecule has 0 aromatic carbocycles. The van der Waals surface area contributed by atoms with E-state index in [0.29, 0.717) is 19.6 Å². The van der Waals surface area contributed by atoms with Crippen LogP contribution in [0, 0.1) is 0 Å². The summed E-state index contributed by atoms with van der Waals surface area (Å²) in [7, 11) is 0. The van der Waals surface area contributed by atoms with Gasteiger partial charge >= 0.3 is 5.97 Å². The largest absolute Gasteiger partial charge is 0.457 e. The van der Waals surface area contributed by atoms with E-state index in [4.69, 9.17) is 9.47 Å². The van der Waals surface area contributed by atoms with E-state index in [1.807, 2.05) is 0 Å². The molecule has 0 rings (SSSR count). The first-order valence-electron chi connectivity index (χ1n) is 21.1. The zero-order valence-electron chi connectivity index (χ0n) is 31.6. The molecule has 276 valence electrons.